The Morgan fingerprint density at radius 2 is 1.68 bits per heavy atom. The Morgan fingerprint density at radius 1 is 1.10 bits per heavy atom. The number of esters is 1. The number of hydrogen-bond donors (Lipinski definition) is 1. The first-order chi connectivity index (χ1) is 14.7. The van der Waals surface area contributed by atoms with Gasteiger partial charge in [0.05, 0.1) is 19.1 Å². The molecule has 0 amide bonds. The molecule has 1 aromatic carbocycles. The fourth-order valence-electron chi connectivity index (χ4n) is 4.31. The molecule has 31 heavy (non-hydrogen) atoms. The van der Waals surface area contributed by atoms with Gasteiger partial charge in [-0.05, 0) is 32.1 Å². The first-order valence-electron chi connectivity index (χ1n) is 11.0. The smallest absolute Gasteiger partial charge is 0.314 e. The summed E-state index contributed by atoms with van der Waals surface area (Å²) in [6.45, 7) is 5.07. The van der Waals surface area contributed by atoms with E-state index in [1.807, 2.05) is 0 Å². The lowest BCUT2D eigenvalue weighted by Gasteiger charge is -2.46. The molecule has 1 saturated heterocycles. The van der Waals surface area contributed by atoms with Crippen molar-refractivity contribution in [3.8, 4) is 5.75 Å². The predicted octanol–water partition coefficient (Wildman–Crippen LogP) is 5.10. The van der Waals surface area contributed by atoms with Gasteiger partial charge in [0.2, 0.25) is 0 Å². The summed E-state index contributed by atoms with van der Waals surface area (Å²) in [5.74, 6) is -7.88. The second-order valence-electron chi connectivity index (χ2n) is 9.15. The van der Waals surface area contributed by atoms with Gasteiger partial charge >= 0.3 is 5.97 Å². The highest BCUT2D eigenvalue weighted by Crippen LogP contribution is 2.42. The van der Waals surface area contributed by atoms with Crippen LogP contribution in [0.4, 0.5) is 13.2 Å². The first-order valence-corrected chi connectivity index (χ1v) is 11.0. The second kappa shape index (κ2) is 9.88. The molecular weight excluding hydrogens is 413 g/mol. The van der Waals surface area contributed by atoms with Gasteiger partial charge in [-0.1, -0.05) is 33.1 Å². The minimum absolute atomic E-state index is 0.123. The lowest BCUT2D eigenvalue weighted by Crippen LogP contribution is -2.53. The van der Waals surface area contributed by atoms with E-state index in [-0.39, 0.29) is 17.1 Å². The van der Waals surface area contributed by atoms with E-state index in [0.717, 1.165) is 25.7 Å². The molecule has 0 unspecified atom stereocenters. The van der Waals surface area contributed by atoms with Gasteiger partial charge in [-0.2, -0.15) is 0 Å². The number of aliphatic hydroxyl groups is 1. The van der Waals surface area contributed by atoms with E-state index >= 15 is 0 Å². The molecular formula is C23H31F3O5. The van der Waals surface area contributed by atoms with Gasteiger partial charge in [-0.25, -0.2) is 13.2 Å². The Morgan fingerprint density at radius 3 is 2.23 bits per heavy atom. The Kier molecular flexibility index (Phi) is 7.65. The van der Waals surface area contributed by atoms with Gasteiger partial charge in [0.25, 0.3) is 5.97 Å². The molecule has 1 saturated carbocycles. The molecule has 5 nitrogen and oxygen atoms in total. The second-order valence-corrected chi connectivity index (χ2v) is 9.15. The summed E-state index contributed by atoms with van der Waals surface area (Å²) < 4.78 is 56.3. The maximum atomic E-state index is 13.3. The molecule has 0 atom stereocenters. The largest absolute Gasteiger partial charge is 0.426 e. The van der Waals surface area contributed by atoms with E-state index in [0.29, 0.717) is 51.0 Å². The maximum absolute atomic E-state index is 13.3. The van der Waals surface area contributed by atoms with Crippen LogP contribution in [0, 0.1) is 34.7 Å². The van der Waals surface area contributed by atoms with Crippen molar-refractivity contribution in [3.63, 3.8) is 0 Å². The summed E-state index contributed by atoms with van der Waals surface area (Å²) in [5, 5.41) is 10.9. The molecule has 174 valence electrons. The summed E-state index contributed by atoms with van der Waals surface area (Å²) in [4.78, 5) is 12.4. The summed E-state index contributed by atoms with van der Waals surface area (Å²) in [7, 11) is 0. The standard InChI is InChI=1S/C23H31F3O5/c1-3-4-5-10-22(2)13-29-23(28,30-14-22)16-8-6-15(7-9-16)21(27)31-17-11-18(24)20(26)19(25)12-17/h11-12,15-16,28H,3-10,13-14H2,1-2H3. The lowest BCUT2D eigenvalue weighted by atomic mass is 9.79. The normalized spacial score (nSPS) is 31.4. The van der Waals surface area contributed by atoms with Crippen LogP contribution in [-0.2, 0) is 14.3 Å². The zero-order valence-electron chi connectivity index (χ0n) is 18.1. The molecule has 2 aliphatic rings. The molecule has 1 aliphatic heterocycles. The molecule has 0 bridgehead atoms. The number of hydrogen-bond acceptors (Lipinski definition) is 5. The molecule has 0 aromatic heterocycles. The van der Waals surface area contributed by atoms with Crippen LogP contribution in [0.5, 0.6) is 5.75 Å². The van der Waals surface area contributed by atoms with Gasteiger partial charge in [0, 0.05) is 23.5 Å². The number of carbonyl (C=O) groups excluding carboxylic acids is 1. The third kappa shape index (κ3) is 5.79. The van der Waals surface area contributed by atoms with E-state index < -0.39 is 35.3 Å². The highest BCUT2D eigenvalue weighted by molar-refractivity contribution is 5.75. The Labute approximate surface area is 180 Å². The Hall–Kier alpha value is -1.64. The van der Waals surface area contributed by atoms with Crippen LogP contribution in [0.3, 0.4) is 0 Å². The molecule has 1 heterocycles. The molecule has 0 spiro atoms. The lowest BCUT2D eigenvalue weighted by molar-refractivity contribution is -0.427. The minimum atomic E-state index is -1.66. The summed E-state index contributed by atoms with van der Waals surface area (Å²) in [5.41, 5.74) is -0.123. The van der Waals surface area contributed by atoms with Crippen LogP contribution in [-0.4, -0.2) is 30.3 Å². The molecule has 1 aliphatic carbocycles. The fraction of sp³-hybridized carbons (Fsp3) is 0.696. The van der Waals surface area contributed by atoms with Crippen LogP contribution in [0.25, 0.3) is 0 Å². The zero-order valence-corrected chi connectivity index (χ0v) is 18.1. The topological polar surface area (TPSA) is 65.0 Å². The molecule has 2 fully saturated rings. The number of carbonyl (C=O) groups is 1. The number of rotatable bonds is 7. The summed E-state index contributed by atoms with van der Waals surface area (Å²) in [6, 6.07) is 1.29. The van der Waals surface area contributed by atoms with Crippen molar-refractivity contribution in [1.82, 2.24) is 0 Å². The third-order valence-electron chi connectivity index (χ3n) is 6.39. The van der Waals surface area contributed by atoms with Crippen molar-refractivity contribution in [1.29, 1.82) is 0 Å². The van der Waals surface area contributed by atoms with Crippen molar-refractivity contribution in [3.05, 3.63) is 29.6 Å². The van der Waals surface area contributed by atoms with E-state index in [1.54, 1.807) is 0 Å². The number of unbranched alkanes of at least 4 members (excludes halogenated alkanes) is 2. The van der Waals surface area contributed by atoms with Crippen molar-refractivity contribution < 1.29 is 37.3 Å². The van der Waals surface area contributed by atoms with Gasteiger partial charge in [-0.3, -0.25) is 4.79 Å². The minimum Gasteiger partial charge on any atom is -0.426 e. The number of ether oxygens (including phenoxy) is 3. The van der Waals surface area contributed by atoms with Gasteiger partial charge in [-0.15, -0.1) is 0 Å². The van der Waals surface area contributed by atoms with E-state index in [2.05, 4.69) is 13.8 Å². The fourth-order valence-corrected chi connectivity index (χ4v) is 4.31. The highest BCUT2D eigenvalue weighted by atomic mass is 19.2. The van der Waals surface area contributed by atoms with Crippen molar-refractivity contribution in [2.45, 2.75) is 71.2 Å². The average molecular weight is 444 g/mol. The summed E-state index contributed by atoms with van der Waals surface area (Å²) >= 11 is 0. The van der Waals surface area contributed by atoms with Crippen LogP contribution < -0.4 is 4.74 Å². The van der Waals surface area contributed by atoms with E-state index in [4.69, 9.17) is 14.2 Å². The van der Waals surface area contributed by atoms with E-state index in [9.17, 15) is 23.1 Å². The van der Waals surface area contributed by atoms with Crippen molar-refractivity contribution >= 4 is 5.97 Å². The predicted molar refractivity (Wildman–Crippen MR) is 107 cm³/mol. The average Bonchev–Trinajstić information content (AvgIpc) is 2.75. The maximum Gasteiger partial charge on any atom is 0.314 e. The van der Waals surface area contributed by atoms with Crippen LogP contribution in [0.15, 0.2) is 12.1 Å². The van der Waals surface area contributed by atoms with E-state index in [1.165, 1.54) is 0 Å². The number of halogens is 3. The molecule has 8 heteroatoms. The van der Waals surface area contributed by atoms with Gasteiger partial charge in [0.15, 0.2) is 17.5 Å². The molecule has 1 aromatic rings. The number of benzene rings is 1. The monoisotopic (exact) mass is 444 g/mol. The third-order valence-corrected chi connectivity index (χ3v) is 6.39. The van der Waals surface area contributed by atoms with Crippen LogP contribution in [0.1, 0.15) is 65.2 Å². The SMILES string of the molecule is CCCCCC1(C)COC(O)(C2CCC(C(=O)Oc3cc(F)c(F)c(F)c3)CC2)OC1. The van der Waals surface area contributed by atoms with Crippen molar-refractivity contribution in [2.24, 2.45) is 17.3 Å². The van der Waals surface area contributed by atoms with Crippen LogP contribution in [0.2, 0.25) is 0 Å². The Bertz CT molecular complexity index is 745. The zero-order chi connectivity index (χ0) is 22.6. The van der Waals surface area contributed by atoms with Gasteiger partial charge < -0.3 is 19.3 Å². The first kappa shape index (κ1) is 24.0. The van der Waals surface area contributed by atoms with Gasteiger partial charge in [0.1, 0.15) is 5.75 Å². The quantitative estimate of drug-likeness (QED) is 0.275. The highest BCUT2D eigenvalue weighted by Gasteiger charge is 2.48. The molecule has 1 N–H and O–H groups in total. The molecule has 0 radical (unpaired) electrons. The van der Waals surface area contributed by atoms with Crippen LogP contribution >= 0.6 is 0 Å². The van der Waals surface area contributed by atoms with Crippen molar-refractivity contribution in [2.75, 3.05) is 13.2 Å². The Balaban J connectivity index is 1.49. The molecule has 3 rings (SSSR count). The summed E-state index contributed by atoms with van der Waals surface area (Å²) in [6.07, 6.45) is 6.14.